The summed E-state index contributed by atoms with van der Waals surface area (Å²) in [5.41, 5.74) is 0.713. The molecule has 2 heterocycles. The van der Waals surface area contributed by atoms with Crippen LogP contribution in [0.25, 0.3) is 0 Å². The van der Waals surface area contributed by atoms with E-state index >= 15 is 0 Å². The minimum absolute atomic E-state index is 0.00983. The molecule has 1 saturated carbocycles. The third-order valence-corrected chi connectivity index (χ3v) is 6.65. The molecule has 2 aliphatic heterocycles. The molecule has 1 aromatic carbocycles. The second kappa shape index (κ2) is 9.75. The van der Waals surface area contributed by atoms with Crippen molar-refractivity contribution in [1.29, 1.82) is 0 Å². The highest BCUT2D eigenvalue weighted by atomic mass is 16.5. The summed E-state index contributed by atoms with van der Waals surface area (Å²) in [4.78, 5) is 17.4. The number of rotatable bonds is 7. The fraction of sp³-hybridized carbons (Fsp3) is 0.696. The van der Waals surface area contributed by atoms with Crippen LogP contribution in [0.4, 0.5) is 0 Å². The fourth-order valence-corrected chi connectivity index (χ4v) is 4.94. The molecule has 1 aliphatic carbocycles. The first kappa shape index (κ1) is 19.7. The van der Waals surface area contributed by atoms with E-state index in [9.17, 15) is 4.79 Å². The topological polar surface area (TPSA) is 44.8 Å². The zero-order chi connectivity index (χ0) is 19.2. The quantitative estimate of drug-likeness (QED) is 0.782. The van der Waals surface area contributed by atoms with Crippen LogP contribution in [0, 0.1) is 0 Å². The van der Waals surface area contributed by atoms with Crippen LogP contribution in [0.1, 0.15) is 61.7 Å². The van der Waals surface area contributed by atoms with Crippen LogP contribution in [0.3, 0.4) is 0 Å². The van der Waals surface area contributed by atoms with Crippen LogP contribution < -0.4 is 10.1 Å². The molecule has 0 aromatic heterocycles. The molecule has 5 nitrogen and oxygen atoms in total. The SMILES string of the molecule is O=C(NCCN1CCCC1)c1ccc(OC2CCN(C3CCCC3)CC2)cc1. The van der Waals surface area contributed by atoms with E-state index in [1.54, 1.807) is 0 Å². The number of nitrogens with one attached hydrogen (secondary N) is 1. The van der Waals surface area contributed by atoms with Gasteiger partial charge in [0.15, 0.2) is 0 Å². The van der Waals surface area contributed by atoms with Gasteiger partial charge in [0, 0.05) is 37.8 Å². The predicted molar refractivity (Wildman–Crippen MR) is 112 cm³/mol. The van der Waals surface area contributed by atoms with Crippen molar-refractivity contribution in [3.05, 3.63) is 29.8 Å². The number of carbonyl (C=O) groups is 1. The molecule has 28 heavy (non-hydrogen) atoms. The fourth-order valence-electron chi connectivity index (χ4n) is 4.94. The Labute approximate surface area is 169 Å². The third kappa shape index (κ3) is 5.26. The molecule has 0 atom stereocenters. The number of amides is 1. The Morgan fingerprint density at radius 1 is 0.929 bits per heavy atom. The maximum atomic E-state index is 12.3. The average Bonchev–Trinajstić information content (AvgIpc) is 3.43. The van der Waals surface area contributed by atoms with E-state index in [0.29, 0.717) is 11.7 Å². The molecule has 5 heteroatoms. The number of likely N-dealkylation sites (tertiary alicyclic amines) is 2. The Hall–Kier alpha value is -1.59. The van der Waals surface area contributed by atoms with Gasteiger partial charge in [0.25, 0.3) is 5.91 Å². The van der Waals surface area contributed by atoms with Crippen molar-refractivity contribution in [2.24, 2.45) is 0 Å². The Kier molecular flexibility index (Phi) is 6.86. The Bertz CT molecular complexity index is 613. The second-order valence-electron chi connectivity index (χ2n) is 8.62. The minimum Gasteiger partial charge on any atom is -0.490 e. The molecular formula is C23H35N3O2. The van der Waals surface area contributed by atoms with Crippen LogP contribution in [-0.4, -0.2) is 67.1 Å². The minimum atomic E-state index is 0.00983. The van der Waals surface area contributed by atoms with Crippen molar-refractivity contribution in [3.63, 3.8) is 0 Å². The summed E-state index contributed by atoms with van der Waals surface area (Å²) >= 11 is 0. The molecule has 1 amide bonds. The Morgan fingerprint density at radius 3 is 2.29 bits per heavy atom. The molecule has 154 valence electrons. The third-order valence-electron chi connectivity index (χ3n) is 6.65. The summed E-state index contributed by atoms with van der Waals surface area (Å²) in [6, 6.07) is 8.48. The molecule has 0 unspecified atom stereocenters. The molecule has 3 aliphatic rings. The number of hydrogen-bond acceptors (Lipinski definition) is 4. The van der Waals surface area contributed by atoms with Gasteiger partial charge >= 0.3 is 0 Å². The van der Waals surface area contributed by atoms with Gasteiger partial charge in [-0.1, -0.05) is 12.8 Å². The van der Waals surface area contributed by atoms with Crippen molar-refractivity contribution >= 4 is 5.91 Å². The lowest BCUT2D eigenvalue weighted by Gasteiger charge is -2.36. The van der Waals surface area contributed by atoms with Crippen LogP contribution >= 0.6 is 0 Å². The van der Waals surface area contributed by atoms with Crippen molar-refractivity contribution in [2.75, 3.05) is 39.3 Å². The lowest BCUT2D eigenvalue weighted by atomic mass is 10.0. The summed E-state index contributed by atoms with van der Waals surface area (Å²) in [7, 11) is 0. The van der Waals surface area contributed by atoms with E-state index in [4.69, 9.17) is 4.74 Å². The molecule has 0 spiro atoms. The number of carbonyl (C=O) groups excluding carboxylic acids is 1. The van der Waals surface area contributed by atoms with Gasteiger partial charge in [0.1, 0.15) is 11.9 Å². The second-order valence-corrected chi connectivity index (χ2v) is 8.62. The largest absolute Gasteiger partial charge is 0.490 e. The van der Waals surface area contributed by atoms with E-state index in [1.807, 2.05) is 24.3 Å². The smallest absolute Gasteiger partial charge is 0.251 e. The van der Waals surface area contributed by atoms with Crippen LogP contribution in [-0.2, 0) is 0 Å². The first-order chi connectivity index (χ1) is 13.8. The van der Waals surface area contributed by atoms with Crippen LogP contribution in [0.5, 0.6) is 5.75 Å². The Balaban J connectivity index is 1.18. The van der Waals surface area contributed by atoms with Crippen molar-refractivity contribution in [2.45, 2.75) is 63.5 Å². The van der Waals surface area contributed by atoms with E-state index in [2.05, 4.69) is 15.1 Å². The highest BCUT2D eigenvalue weighted by Gasteiger charge is 2.27. The van der Waals surface area contributed by atoms with E-state index < -0.39 is 0 Å². The monoisotopic (exact) mass is 385 g/mol. The molecule has 4 rings (SSSR count). The molecule has 2 saturated heterocycles. The zero-order valence-electron chi connectivity index (χ0n) is 17.1. The molecule has 0 radical (unpaired) electrons. The number of piperidine rings is 1. The number of benzene rings is 1. The molecule has 1 N–H and O–H groups in total. The number of nitrogens with zero attached hydrogens (tertiary/aromatic N) is 2. The molecular weight excluding hydrogens is 350 g/mol. The number of ether oxygens (including phenoxy) is 1. The molecule has 3 fully saturated rings. The average molecular weight is 386 g/mol. The van der Waals surface area contributed by atoms with Crippen molar-refractivity contribution in [1.82, 2.24) is 15.1 Å². The van der Waals surface area contributed by atoms with Gasteiger partial charge in [-0.3, -0.25) is 4.79 Å². The first-order valence-corrected chi connectivity index (χ1v) is 11.3. The maximum Gasteiger partial charge on any atom is 0.251 e. The highest BCUT2D eigenvalue weighted by molar-refractivity contribution is 5.94. The van der Waals surface area contributed by atoms with E-state index in [1.165, 1.54) is 51.6 Å². The Morgan fingerprint density at radius 2 is 1.61 bits per heavy atom. The van der Waals surface area contributed by atoms with Crippen LogP contribution in [0.2, 0.25) is 0 Å². The zero-order valence-corrected chi connectivity index (χ0v) is 17.1. The lowest BCUT2D eigenvalue weighted by molar-refractivity contribution is 0.0768. The molecule has 0 bridgehead atoms. The normalized spacial score (nSPS) is 22.6. The lowest BCUT2D eigenvalue weighted by Crippen LogP contribution is -2.43. The molecule has 1 aromatic rings. The van der Waals surface area contributed by atoms with Crippen molar-refractivity contribution in [3.8, 4) is 5.75 Å². The van der Waals surface area contributed by atoms with Crippen molar-refractivity contribution < 1.29 is 9.53 Å². The van der Waals surface area contributed by atoms with E-state index in [0.717, 1.165) is 50.8 Å². The standard InChI is InChI=1S/C23H35N3O2/c27-23(24-13-18-25-14-3-4-15-25)19-7-9-21(10-8-19)28-22-11-16-26(17-12-22)20-5-1-2-6-20/h7-10,20,22H,1-6,11-18H2,(H,24,27). The summed E-state index contributed by atoms with van der Waals surface area (Å²) in [5, 5.41) is 3.03. The predicted octanol–water partition coefficient (Wildman–Crippen LogP) is 3.30. The highest BCUT2D eigenvalue weighted by Crippen LogP contribution is 2.27. The maximum absolute atomic E-state index is 12.3. The van der Waals surface area contributed by atoms with Gasteiger partial charge in [-0.05, 0) is 75.9 Å². The van der Waals surface area contributed by atoms with Gasteiger partial charge in [-0.2, -0.15) is 0 Å². The van der Waals surface area contributed by atoms with Gasteiger partial charge in [0.05, 0.1) is 0 Å². The first-order valence-electron chi connectivity index (χ1n) is 11.3. The summed E-state index contributed by atoms with van der Waals surface area (Å²) in [6.45, 7) is 6.33. The summed E-state index contributed by atoms with van der Waals surface area (Å²) in [6.07, 6.45) is 10.7. The van der Waals surface area contributed by atoms with Gasteiger partial charge in [-0.15, -0.1) is 0 Å². The van der Waals surface area contributed by atoms with E-state index in [-0.39, 0.29) is 5.91 Å². The van der Waals surface area contributed by atoms with Crippen LogP contribution in [0.15, 0.2) is 24.3 Å². The number of hydrogen-bond donors (Lipinski definition) is 1. The van der Waals surface area contributed by atoms with Gasteiger partial charge < -0.3 is 19.9 Å². The van der Waals surface area contributed by atoms with Gasteiger partial charge in [0.2, 0.25) is 0 Å². The summed E-state index contributed by atoms with van der Waals surface area (Å²) in [5.74, 6) is 0.892. The summed E-state index contributed by atoms with van der Waals surface area (Å²) < 4.78 is 6.18. The van der Waals surface area contributed by atoms with Gasteiger partial charge in [-0.25, -0.2) is 0 Å².